The van der Waals surface area contributed by atoms with Gasteiger partial charge in [0.2, 0.25) is 5.95 Å². The Hall–Kier alpha value is -1.51. The highest BCUT2D eigenvalue weighted by Gasteiger charge is 2.39. The summed E-state index contributed by atoms with van der Waals surface area (Å²) in [5, 5.41) is 18.8. The summed E-state index contributed by atoms with van der Waals surface area (Å²) in [5.41, 5.74) is 3.58. The number of aliphatic hydroxyl groups is 2. The Morgan fingerprint density at radius 3 is 3.12 bits per heavy atom. The minimum atomic E-state index is -1.11. The first-order valence-electron chi connectivity index (χ1n) is 5.19. The third-order valence-corrected chi connectivity index (χ3v) is 2.73. The molecule has 0 aromatic carbocycles. The van der Waals surface area contributed by atoms with Gasteiger partial charge in [0.15, 0.2) is 0 Å². The number of hydrogen-bond donors (Lipinski definition) is 3. The molecule has 2 atom stereocenters. The molecule has 2 rings (SSSR count). The maximum Gasteiger partial charge on any atom is 0.354 e. The third-order valence-electron chi connectivity index (χ3n) is 2.73. The predicted molar refractivity (Wildman–Crippen MR) is 57.0 cm³/mol. The fraction of sp³-hybridized carbons (Fsp3) is 0.667. The SMILES string of the molecule is Nc1ncn([C@H]2CC(O)(CCO)CO2)c(=O)n1. The van der Waals surface area contributed by atoms with Crippen molar-refractivity contribution in [2.45, 2.75) is 24.7 Å². The Morgan fingerprint density at radius 1 is 1.71 bits per heavy atom. The van der Waals surface area contributed by atoms with E-state index in [1.54, 1.807) is 0 Å². The van der Waals surface area contributed by atoms with Gasteiger partial charge in [0.25, 0.3) is 0 Å². The standard InChI is InChI=1S/C9H14N4O4/c10-7-11-5-13(8(15)12-7)6-3-9(16,1-2-14)4-17-6/h5-6,14,16H,1-4H2,(H2,10,12,15)/t6-,9?/m1/s1. The van der Waals surface area contributed by atoms with Gasteiger partial charge in [-0.1, -0.05) is 0 Å². The fourth-order valence-electron chi connectivity index (χ4n) is 1.81. The third kappa shape index (κ3) is 2.43. The zero-order valence-corrected chi connectivity index (χ0v) is 9.11. The fourth-order valence-corrected chi connectivity index (χ4v) is 1.81. The van der Waals surface area contributed by atoms with Crippen LogP contribution in [0.3, 0.4) is 0 Å². The monoisotopic (exact) mass is 242 g/mol. The molecule has 0 radical (unpaired) electrons. The summed E-state index contributed by atoms with van der Waals surface area (Å²) in [6.45, 7) is -0.0746. The lowest BCUT2D eigenvalue weighted by molar-refractivity contribution is -0.00244. The van der Waals surface area contributed by atoms with Gasteiger partial charge in [-0.25, -0.2) is 9.78 Å². The minimum Gasteiger partial charge on any atom is -0.396 e. The zero-order chi connectivity index (χ0) is 12.5. The van der Waals surface area contributed by atoms with Gasteiger partial charge in [-0.2, -0.15) is 4.98 Å². The Labute approximate surface area is 96.7 Å². The van der Waals surface area contributed by atoms with Crippen LogP contribution in [0.1, 0.15) is 19.1 Å². The number of aliphatic hydroxyl groups excluding tert-OH is 1. The van der Waals surface area contributed by atoms with Crippen molar-refractivity contribution in [2.24, 2.45) is 0 Å². The van der Waals surface area contributed by atoms with Crippen molar-refractivity contribution < 1.29 is 14.9 Å². The van der Waals surface area contributed by atoms with Gasteiger partial charge in [-0.3, -0.25) is 4.57 Å². The minimum absolute atomic E-state index is 0.0645. The van der Waals surface area contributed by atoms with Gasteiger partial charge in [-0.15, -0.1) is 0 Å². The van der Waals surface area contributed by atoms with Gasteiger partial charge in [-0.05, 0) is 0 Å². The summed E-state index contributed by atoms with van der Waals surface area (Å²) in [5.74, 6) is -0.102. The molecule has 1 aliphatic rings. The topological polar surface area (TPSA) is 123 Å². The number of aromatic nitrogens is 3. The molecule has 2 heterocycles. The molecule has 1 aromatic heterocycles. The second-order valence-corrected chi connectivity index (χ2v) is 4.07. The van der Waals surface area contributed by atoms with Crippen LogP contribution in [0.2, 0.25) is 0 Å². The highest BCUT2D eigenvalue weighted by Crippen LogP contribution is 2.32. The molecule has 0 bridgehead atoms. The molecule has 1 unspecified atom stereocenters. The maximum atomic E-state index is 11.5. The molecular weight excluding hydrogens is 228 g/mol. The second-order valence-electron chi connectivity index (χ2n) is 4.07. The molecule has 8 nitrogen and oxygen atoms in total. The first-order valence-corrected chi connectivity index (χ1v) is 5.19. The van der Waals surface area contributed by atoms with Crippen molar-refractivity contribution in [1.29, 1.82) is 0 Å². The van der Waals surface area contributed by atoms with Crippen LogP contribution >= 0.6 is 0 Å². The molecule has 1 fully saturated rings. The molecule has 1 aliphatic heterocycles. The van der Waals surface area contributed by atoms with E-state index >= 15 is 0 Å². The smallest absolute Gasteiger partial charge is 0.354 e. The molecule has 0 aliphatic carbocycles. The molecule has 1 saturated heterocycles. The van der Waals surface area contributed by atoms with Crippen molar-refractivity contribution >= 4 is 5.95 Å². The number of hydrogen-bond acceptors (Lipinski definition) is 7. The average Bonchev–Trinajstić information content (AvgIpc) is 2.61. The number of nitrogens with zero attached hydrogens (tertiary/aromatic N) is 3. The molecule has 0 amide bonds. The van der Waals surface area contributed by atoms with Crippen molar-refractivity contribution in [3.8, 4) is 0 Å². The first-order chi connectivity index (χ1) is 8.04. The molecule has 0 saturated carbocycles. The summed E-state index contributed by atoms with van der Waals surface area (Å²) < 4.78 is 6.48. The summed E-state index contributed by atoms with van der Waals surface area (Å²) in [7, 11) is 0. The molecule has 17 heavy (non-hydrogen) atoms. The van der Waals surface area contributed by atoms with Crippen LogP contribution in [0.15, 0.2) is 11.1 Å². The van der Waals surface area contributed by atoms with Crippen molar-refractivity contribution in [1.82, 2.24) is 14.5 Å². The van der Waals surface area contributed by atoms with Crippen LogP contribution in [0.5, 0.6) is 0 Å². The summed E-state index contributed by atoms with van der Waals surface area (Å²) in [4.78, 5) is 18.7. The molecule has 94 valence electrons. The van der Waals surface area contributed by atoms with Crippen LogP contribution < -0.4 is 11.4 Å². The van der Waals surface area contributed by atoms with Crippen LogP contribution in [-0.4, -0.2) is 43.6 Å². The molecular formula is C9H14N4O4. The molecule has 0 spiro atoms. The number of nitrogen functional groups attached to an aromatic ring is 1. The Morgan fingerprint density at radius 2 is 2.47 bits per heavy atom. The first kappa shape index (κ1) is 12.0. The van der Waals surface area contributed by atoms with Gasteiger partial charge < -0.3 is 20.7 Å². The van der Waals surface area contributed by atoms with E-state index in [1.165, 1.54) is 10.9 Å². The van der Waals surface area contributed by atoms with E-state index in [0.717, 1.165) is 0 Å². The highest BCUT2D eigenvalue weighted by molar-refractivity contribution is 5.09. The summed E-state index contributed by atoms with van der Waals surface area (Å²) >= 11 is 0. The number of ether oxygens (including phenoxy) is 1. The van der Waals surface area contributed by atoms with Crippen LogP contribution in [0, 0.1) is 0 Å². The Bertz CT molecular complexity index is 463. The lowest BCUT2D eigenvalue weighted by Crippen LogP contribution is -2.32. The van der Waals surface area contributed by atoms with Crippen LogP contribution in [-0.2, 0) is 4.74 Å². The average molecular weight is 242 g/mol. The zero-order valence-electron chi connectivity index (χ0n) is 9.11. The van der Waals surface area contributed by atoms with E-state index in [9.17, 15) is 9.90 Å². The van der Waals surface area contributed by atoms with E-state index in [-0.39, 0.29) is 32.0 Å². The quantitative estimate of drug-likeness (QED) is 0.574. The highest BCUT2D eigenvalue weighted by atomic mass is 16.5. The van der Waals surface area contributed by atoms with Crippen molar-refractivity contribution in [2.75, 3.05) is 18.9 Å². The summed E-state index contributed by atoms with van der Waals surface area (Å²) in [6, 6.07) is 0. The number of nitrogens with two attached hydrogens (primary N) is 1. The molecule has 4 N–H and O–H groups in total. The summed E-state index contributed by atoms with van der Waals surface area (Å²) in [6.07, 6.45) is 1.02. The van der Waals surface area contributed by atoms with E-state index in [0.29, 0.717) is 0 Å². The Kier molecular flexibility index (Phi) is 3.09. The Balaban J connectivity index is 2.18. The van der Waals surface area contributed by atoms with E-state index in [2.05, 4.69) is 9.97 Å². The normalized spacial score (nSPS) is 28.5. The van der Waals surface area contributed by atoms with Gasteiger partial charge in [0.05, 0.1) is 12.2 Å². The van der Waals surface area contributed by atoms with Gasteiger partial charge in [0, 0.05) is 19.4 Å². The molecule has 8 heteroatoms. The molecule has 1 aromatic rings. The van der Waals surface area contributed by atoms with Crippen LogP contribution in [0.25, 0.3) is 0 Å². The maximum absolute atomic E-state index is 11.5. The predicted octanol–water partition coefficient (Wildman–Crippen LogP) is -1.75. The van der Waals surface area contributed by atoms with E-state index in [4.69, 9.17) is 15.6 Å². The lowest BCUT2D eigenvalue weighted by Gasteiger charge is -2.18. The van der Waals surface area contributed by atoms with Gasteiger partial charge in [0.1, 0.15) is 12.6 Å². The number of anilines is 1. The van der Waals surface area contributed by atoms with Crippen molar-refractivity contribution in [3.63, 3.8) is 0 Å². The van der Waals surface area contributed by atoms with Crippen LogP contribution in [0.4, 0.5) is 5.95 Å². The second kappa shape index (κ2) is 4.40. The lowest BCUT2D eigenvalue weighted by atomic mass is 9.99. The van der Waals surface area contributed by atoms with Gasteiger partial charge >= 0.3 is 5.69 Å². The van der Waals surface area contributed by atoms with E-state index in [1.807, 2.05) is 0 Å². The largest absolute Gasteiger partial charge is 0.396 e. The van der Waals surface area contributed by atoms with E-state index < -0.39 is 17.5 Å². The number of rotatable bonds is 3. The van der Waals surface area contributed by atoms with Crippen molar-refractivity contribution in [3.05, 3.63) is 16.8 Å².